The van der Waals surface area contributed by atoms with E-state index in [1.165, 1.54) is 7.11 Å². The van der Waals surface area contributed by atoms with Gasteiger partial charge in [0, 0.05) is 40.5 Å². The summed E-state index contributed by atoms with van der Waals surface area (Å²) in [6.45, 7) is 4.18. The predicted molar refractivity (Wildman–Crippen MR) is 163 cm³/mol. The zero-order chi connectivity index (χ0) is 27.7. The molecule has 2 unspecified atom stereocenters. The van der Waals surface area contributed by atoms with E-state index in [-0.39, 0.29) is 24.6 Å². The topological polar surface area (TPSA) is 71.4 Å². The van der Waals surface area contributed by atoms with Crippen molar-refractivity contribution in [1.29, 1.82) is 0 Å². The minimum Gasteiger partial charge on any atom is -0.375 e. The minimum atomic E-state index is -0.279. The van der Waals surface area contributed by atoms with E-state index in [4.69, 9.17) is 28.6 Å². The smallest absolute Gasteiger partial charge is 0.250 e. The van der Waals surface area contributed by atoms with E-state index in [0.717, 1.165) is 38.5 Å². The van der Waals surface area contributed by atoms with Crippen LogP contribution in [0, 0.1) is 13.8 Å². The molecule has 3 heterocycles. The van der Waals surface area contributed by atoms with Crippen LogP contribution in [0.15, 0.2) is 77.4 Å². The van der Waals surface area contributed by atoms with Gasteiger partial charge in [0.2, 0.25) is 5.91 Å². The molecule has 4 aromatic rings. The highest BCUT2D eigenvalue weighted by Gasteiger charge is 2.42. The molecule has 0 spiro atoms. The molecule has 1 saturated heterocycles. The number of carbonyl (C=O) groups excluding carboxylic acids is 1. The van der Waals surface area contributed by atoms with Crippen LogP contribution in [0.5, 0.6) is 0 Å². The van der Waals surface area contributed by atoms with Gasteiger partial charge in [0.25, 0.3) is 0 Å². The molecule has 0 bridgehead atoms. The fourth-order valence-electron chi connectivity index (χ4n) is 5.10. The van der Waals surface area contributed by atoms with Crippen LogP contribution in [0.25, 0.3) is 5.69 Å². The highest BCUT2D eigenvalue weighted by Crippen LogP contribution is 2.44. The second-order valence-electron chi connectivity index (χ2n) is 9.28. The van der Waals surface area contributed by atoms with E-state index in [9.17, 15) is 4.79 Å². The first-order valence-corrected chi connectivity index (χ1v) is 13.9. The number of hydrogen-bond acceptors (Lipinski definition) is 4. The first kappa shape index (κ1) is 27.3. The average molecular weight is 625 g/mol. The van der Waals surface area contributed by atoms with Crippen molar-refractivity contribution in [2.45, 2.75) is 25.9 Å². The first-order chi connectivity index (χ1) is 18.8. The lowest BCUT2D eigenvalue weighted by Crippen LogP contribution is -2.29. The summed E-state index contributed by atoms with van der Waals surface area (Å²) in [7, 11) is 1.47. The molecule has 1 fully saturated rings. The molecule has 10 heteroatoms. The van der Waals surface area contributed by atoms with E-state index in [0.29, 0.717) is 15.8 Å². The molecule has 2 aromatic heterocycles. The second kappa shape index (κ2) is 11.5. The third-order valence-corrected chi connectivity index (χ3v) is 7.91. The maximum atomic E-state index is 12.1. The minimum absolute atomic E-state index is 0.0555. The van der Waals surface area contributed by atoms with Gasteiger partial charge in [0.15, 0.2) is 5.11 Å². The molecule has 0 radical (unpaired) electrons. The summed E-state index contributed by atoms with van der Waals surface area (Å²) in [5.41, 5.74) is 6.60. The standard InChI is InChI=1S/C29H27BrClN5O2S/c1-17-14-22(18(2)35(17)20-9-7-19(30)8-10-20)28-27(25-6-4-5-13-32-25)34-29(39)36(28)21-11-12-24(23(31)15-21)33-26(37)16-38-3/h4-15,27-28H,16H2,1-3H3,(H,33,37)(H,34,39). The molecular formula is C29H27BrClN5O2S. The number of amides is 1. The Morgan fingerprint density at radius 3 is 2.54 bits per heavy atom. The van der Waals surface area contributed by atoms with Crippen molar-refractivity contribution in [1.82, 2.24) is 14.9 Å². The molecule has 5 rings (SSSR count). The maximum Gasteiger partial charge on any atom is 0.250 e. The van der Waals surface area contributed by atoms with Crippen molar-refractivity contribution in [3.05, 3.63) is 105 Å². The lowest BCUT2D eigenvalue weighted by atomic mass is 9.96. The number of thiocarbonyl (C=S) groups is 1. The van der Waals surface area contributed by atoms with Crippen molar-refractivity contribution < 1.29 is 9.53 Å². The predicted octanol–water partition coefficient (Wildman–Crippen LogP) is 6.67. The van der Waals surface area contributed by atoms with Gasteiger partial charge < -0.3 is 24.8 Å². The van der Waals surface area contributed by atoms with Gasteiger partial charge >= 0.3 is 0 Å². The van der Waals surface area contributed by atoms with Gasteiger partial charge in [-0.3, -0.25) is 9.78 Å². The summed E-state index contributed by atoms with van der Waals surface area (Å²) in [5.74, 6) is -0.279. The number of nitrogens with zero attached hydrogens (tertiary/aromatic N) is 3. The van der Waals surface area contributed by atoms with Gasteiger partial charge in [0.1, 0.15) is 6.61 Å². The number of hydrogen-bond donors (Lipinski definition) is 2. The molecular weight excluding hydrogens is 598 g/mol. The number of rotatable bonds is 7. The highest BCUT2D eigenvalue weighted by molar-refractivity contribution is 9.10. The second-order valence-corrected chi connectivity index (χ2v) is 11.0. The van der Waals surface area contributed by atoms with Crippen LogP contribution in [0.3, 0.4) is 0 Å². The van der Waals surface area contributed by atoms with Gasteiger partial charge in [0.05, 0.1) is 28.5 Å². The maximum absolute atomic E-state index is 12.1. The first-order valence-electron chi connectivity index (χ1n) is 12.3. The highest BCUT2D eigenvalue weighted by atomic mass is 79.9. The largest absolute Gasteiger partial charge is 0.375 e. The number of anilines is 2. The van der Waals surface area contributed by atoms with E-state index in [1.54, 1.807) is 12.3 Å². The molecule has 200 valence electrons. The summed E-state index contributed by atoms with van der Waals surface area (Å²) >= 11 is 16.1. The van der Waals surface area contributed by atoms with Gasteiger partial charge in [-0.15, -0.1) is 0 Å². The van der Waals surface area contributed by atoms with Crippen LogP contribution in [-0.2, 0) is 9.53 Å². The summed E-state index contributed by atoms with van der Waals surface area (Å²) in [6, 6.07) is 21.5. The SMILES string of the molecule is COCC(=O)Nc1ccc(N2C(=S)NC(c3ccccn3)C2c2cc(C)n(-c3ccc(Br)cc3)c2C)cc1Cl. The Kier molecular flexibility index (Phi) is 8.04. The Bertz CT molecular complexity index is 1530. The van der Waals surface area contributed by atoms with Gasteiger partial charge in [-0.1, -0.05) is 33.6 Å². The Labute approximate surface area is 246 Å². The van der Waals surface area contributed by atoms with Gasteiger partial charge in [-0.2, -0.15) is 0 Å². The number of pyridine rings is 1. The zero-order valence-electron chi connectivity index (χ0n) is 21.6. The molecule has 0 aliphatic carbocycles. The number of ether oxygens (including phenoxy) is 1. The molecule has 1 aliphatic rings. The Hall–Kier alpha value is -3.24. The number of methoxy groups -OCH3 is 1. The van der Waals surface area contributed by atoms with Crippen molar-refractivity contribution in [3.8, 4) is 5.69 Å². The van der Waals surface area contributed by atoms with Crippen LogP contribution in [-0.4, -0.2) is 34.3 Å². The van der Waals surface area contributed by atoms with Crippen LogP contribution in [0.2, 0.25) is 5.02 Å². The van der Waals surface area contributed by atoms with Crippen molar-refractivity contribution in [3.63, 3.8) is 0 Å². The Morgan fingerprint density at radius 2 is 1.87 bits per heavy atom. The van der Waals surface area contributed by atoms with E-state index >= 15 is 0 Å². The lowest BCUT2D eigenvalue weighted by molar-refractivity contribution is -0.119. The van der Waals surface area contributed by atoms with Gasteiger partial charge in [-0.05, 0) is 92.3 Å². The van der Waals surface area contributed by atoms with Crippen LogP contribution in [0.1, 0.15) is 34.7 Å². The molecule has 39 heavy (non-hydrogen) atoms. The monoisotopic (exact) mass is 623 g/mol. The third-order valence-electron chi connectivity index (χ3n) is 6.75. The van der Waals surface area contributed by atoms with Crippen molar-refractivity contribution in [2.75, 3.05) is 23.9 Å². The number of carbonyl (C=O) groups is 1. The quantitative estimate of drug-likeness (QED) is 0.224. The number of aryl methyl sites for hydroxylation is 1. The number of nitrogens with one attached hydrogen (secondary N) is 2. The van der Waals surface area contributed by atoms with E-state index in [2.05, 4.69) is 73.1 Å². The van der Waals surface area contributed by atoms with Crippen LogP contribution < -0.4 is 15.5 Å². The molecule has 2 N–H and O–H groups in total. The van der Waals surface area contributed by atoms with Crippen LogP contribution >= 0.6 is 39.7 Å². The summed E-state index contributed by atoms with van der Waals surface area (Å²) < 4.78 is 8.19. The van der Waals surface area contributed by atoms with E-state index in [1.807, 2.05) is 42.5 Å². The number of benzene rings is 2. The van der Waals surface area contributed by atoms with E-state index < -0.39 is 0 Å². The molecule has 7 nitrogen and oxygen atoms in total. The fraction of sp³-hybridized carbons (Fsp3) is 0.207. The molecule has 0 saturated carbocycles. The molecule has 2 atom stereocenters. The van der Waals surface area contributed by atoms with Crippen molar-refractivity contribution in [2.24, 2.45) is 0 Å². The third kappa shape index (κ3) is 5.45. The van der Waals surface area contributed by atoms with Gasteiger partial charge in [-0.25, -0.2) is 0 Å². The lowest BCUT2D eigenvalue weighted by Gasteiger charge is -2.28. The number of halogens is 2. The molecule has 1 aliphatic heterocycles. The summed E-state index contributed by atoms with van der Waals surface area (Å²) in [5, 5.41) is 7.25. The Balaban J connectivity index is 1.60. The molecule has 2 aromatic carbocycles. The summed E-state index contributed by atoms with van der Waals surface area (Å²) in [4.78, 5) is 18.8. The molecule has 1 amide bonds. The normalized spacial score (nSPS) is 16.8. The average Bonchev–Trinajstić information content (AvgIpc) is 3.41. The van der Waals surface area contributed by atoms with Crippen molar-refractivity contribution >= 4 is 62.1 Å². The zero-order valence-corrected chi connectivity index (χ0v) is 24.8. The van der Waals surface area contributed by atoms with Crippen LogP contribution in [0.4, 0.5) is 11.4 Å². The summed E-state index contributed by atoms with van der Waals surface area (Å²) in [6.07, 6.45) is 1.79. The Morgan fingerprint density at radius 1 is 1.13 bits per heavy atom. The fourth-order valence-corrected chi connectivity index (χ4v) is 5.93. The number of aromatic nitrogens is 2.